The quantitative estimate of drug-likeness (QED) is 0.649. The van der Waals surface area contributed by atoms with Gasteiger partial charge in [0, 0.05) is 24.6 Å². The molecule has 1 heterocycles. The van der Waals surface area contributed by atoms with Crippen LogP contribution >= 0.6 is 0 Å². The highest BCUT2D eigenvalue weighted by Crippen LogP contribution is 2.32. The molecule has 2 nitrogen and oxygen atoms in total. The Hall–Kier alpha value is -2.09. The summed E-state index contributed by atoms with van der Waals surface area (Å²) in [5.41, 5.74) is 4.68. The summed E-state index contributed by atoms with van der Waals surface area (Å²) < 4.78 is 0. The number of nitrogens with zero attached hydrogens (tertiary/aromatic N) is 1. The lowest BCUT2D eigenvalue weighted by Crippen LogP contribution is -2.29. The number of hydrogen-bond acceptors (Lipinski definition) is 1. The highest BCUT2D eigenvalue weighted by molar-refractivity contribution is 5.95. The van der Waals surface area contributed by atoms with Gasteiger partial charge in [-0.2, -0.15) is 0 Å². The number of carbonyl (C=O) groups excluding carboxylic acids is 1. The van der Waals surface area contributed by atoms with Crippen molar-refractivity contribution in [2.45, 2.75) is 64.7 Å². The van der Waals surface area contributed by atoms with Crippen LogP contribution < -0.4 is 0 Å². The fourth-order valence-corrected chi connectivity index (χ4v) is 3.74. The van der Waals surface area contributed by atoms with Crippen molar-refractivity contribution in [2.24, 2.45) is 0 Å². The molecule has 27 heavy (non-hydrogen) atoms. The molecule has 0 radical (unpaired) electrons. The predicted molar refractivity (Wildman–Crippen MR) is 114 cm³/mol. The molecule has 1 aliphatic rings. The molecular formula is C25H33NO. The Bertz CT molecular complexity index is 776. The molecule has 0 unspecified atom stereocenters. The largest absolute Gasteiger partial charge is 0.338 e. The molecule has 1 saturated heterocycles. The normalized spacial score (nSPS) is 18.0. The molecule has 0 bridgehead atoms. The van der Waals surface area contributed by atoms with Gasteiger partial charge in [0.25, 0.3) is 5.91 Å². The predicted octanol–water partition coefficient (Wildman–Crippen LogP) is 5.91. The molecule has 1 atom stereocenters. The molecule has 0 N–H and O–H groups in total. The molecule has 3 rings (SSSR count). The van der Waals surface area contributed by atoms with Crippen LogP contribution in [-0.2, 0) is 10.8 Å². The lowest BCUT2D eigenvalue weighted by Gasteiger charge is -2.27. The maximum atomic E-state index is 13.3. The third-order valence-electron chi connectivity index (χ3n) is 5.66. The van der Waals surface area contributed by atoms with Crippen LogP contribution in [-0.4, -0.2) is 23.9 Å². The first-order valence-corrected chi connectivity index (χ1v) is 10.1. The van der Waals surface area contributed by atoms with Gasteiger partial charge in [-0.3, -0.25) is 4.79 Å². The van der Waals surface area contributed by atoms with Crippen molar-refractivity contribution in [3.63, 3.8) is 0 Å². The Morgan fingerprint density at radius 1 is 0.889 bits per heavy atom. The fraction of sp³-hybridized carbons (Fsp3) is 0.480. The number of likely N-dealkylation sites (tertiary alicyclic amines) is 1. The van der Waals surface area contributed by atoms with E-state index < -0.39 is 0 Å². The van der Waals surface area contributed by atoms with Crippen molar-refractivity contribution in [3.8, 4) is 0 Å². The Labute approximate surface area is 164 Å². The van der Waals surface area contributed by atoms with Gasteiger partial charge in [-0.15, -0.1) is 0 Å². The minimum atomic E-state index is 0.0217. The molecule has 2 heteroatoms. The number of rotatable bonds is 2. The third kappa shape index (κ3) is 4.43. The Balaban J connectivity index is 1.88. The lowest BCUT2D eigenvalue weighted by molar-refractivity contribution is 0.0790. The zero-order chi connectivity index (χ0) is 19.8. The average Bonchev–Trinajstić information content (AvgIpc) is 3.10. The van der Waals surface area contributed by atoms with Gasteiger partial charge in [0.2, 0.25) is 0 Å². The van der Waals surface area contributed by atoms with Crippen molar-refractivity contribution in [1.82, 2.24) is 4.90 Å². The van der Waals surface area contributed by atoms with E-state index in [0.29, 0.717) is 5.92 Å². The first kappa shape index (κ1) is 19.7. The summed E-state index contributed by atoms with van der Waals surface area (Å²) in [6.45, 7) is 14.9. The maximum Gasteiger partial charge on any atom is 0.253 e. The molecule has 0 saturated carbocycles. The van der Waals surface area contributed by atoms with Crippen LogP contribution in [0.2, 0.25) is 0 Å². The van der Waals surface area contributed by atoms with Gasteiger partial charge in [-0.05, 0) is 46.1 Å². The molecule has 1 amide bonds. The molecular weight excluding hydrogens is 330 g/mol. The van der Waals surface area contributed by atoms with Crippen LogP contribution in [0, 0.1) is 0 Å². The van der Waals surface area contributed by atoms with Crippen LogP contribution in [0.15, 0.2) is 48.5 Å². The standard InChI is InChI=1S/C25H33NO/c1-24(2,3)21-14-20(15-22(16-21)25(4,5)6)23(27)26-13-12-19(17-26)18-10-8-7-9-11-18/h7-11,14-16,19H,12-13,17H2,1-6H3/t19-/m0/s1. The highest BCUT2D eigenvalue weighted by Gasteiger charge is 2.29. The maximum absolute atomic E-state index is 13.3. The Kier molecular flexibility index (Phi) is 5.20. The molecule has 2 aromatic rings. The van der Waals surface area contributed by atoms with Crippen LogP contribution in [0.3, 0.4) is 0 Å². The van der Waals surface area contributed by atoms with E-state index in [1.54, 1.807) is 0 Å². The van der Waals surface area contributed by atoms with E-state index in [1.807, 2.05) is 11.0 Å². The van der Waals surface area contributed by atoms with E-state index in [0.717, 1.165) is 25.1 Å². The summed E-state index contributed by atoms with van der Waals surface area (Å²) >= 11 is 0. The van der Waals surface area contributed by atoms with Gasteiger partial charge >= 0.3 is 0 Å². The van der Waals surface area contributed by atoms with Crippen molar-refractivity contribution >= 4 is 5.91 Å². The SMILES string of the molecule is CC(C)(C)c1cc(C(=O)N2CC[C@H](c3ccccc3)C2)cc(C(C)(C)C)c1. The fourth-order valence-electron chi connectivity index (χ4n) is 3.74. The van der Waals surface area contributed by atoms with Gasteiger partial charge < -0.3 is 4.90 Å². The van der Waals surface area contributed by atoms with Gasteiger partial charge in [0.05, 0.1) is 0 Å². The van der Waals surface area contributed by atoms with E-state index in [2.05, 4.69) is 84.0 Å². The summed E-state index contributed by atoms with van der Waals surface area (Å²) in [6.07, 6.45) is 1.04. The monoisotopic (exact) mass is 363 g/mol. The first-order chi connectivity index (χ1) is 12.6. The van der Waals surface area contributed by atoms with E-state index >= 15 is 0 Å². The van der Waals surface area contributed by atoms with Gasteiger partial charge in [-0.25, -0.2) is 0 Å². The van der Waals surface area contributed by atoms with Crippen LogP contribution in [0.1, 0.15) is 80.9 Å². The first-order valence-electron chi connectivity index (χ1n) is 10.1. The third-order valence-corrected chi connectivity index (χ3v) is 5.66. The summed E-state index contributed by atoms with van der Waals surface area (Å²) in [7, 11) is 0. The second-order valence-electron chi connectivity index (χ2n) is 9.95. The second kappa shape index (κ2) is 7.14. The second-order valence-corrected chi connectivity index (χ2v) is 9.95. The number of benzene rings is 2. The molecule has 0 spiro atoms. The summed E-state index contributed by atoms with van der Waals surface area (Å²) in [5, 5.41) is 0. The van der Waals surface area contributed by atoms with Crippen molar-refractivity contribution in [2.75, 3.05) is 13.1 Å². The zero-order valence-corrected chi connectivity index (χ0v) is 17.7. The van der Waals surface area contributed by atoms with E-state index in [9.17, 15) is 4.79 Å². The molecule has 0 aliphatic carbocycles. The molecule has 1 fully saturated rings. The molecule has 144 valence electrons. The molecule has 0 aromatic heterocycles. The number of carbonyl (C=O) groups is 1. The Morgan fingerprint density at radius 3 is 1.96 bits per heavy atom. The summed E-state index contributed by atoms with van der Waals surface area (Å²) in [6, 6.07) is 17.1. The number of hydrogen-bond donors (Lipinski definition) is 0. The summed E-state index contributed by atoms with van der Waals surface area (Å²) in [4.78, 5) is 15.3. The lowest BCUT2D eigenvalue weighted by atomic mass is 9.79. The molecule has 1 aliphatic heterocycles. The highest BCUT2D eigenvalue weighted by atomic mass is 16.2. The summed E-state index contributed by atoms with van der Waals surface area (Å²) in [5.74, 6) is 0.619. The zero-order valence-electron chi connectivity index (χ0n) is 17.7. The van der Waals surface area contributed by atoms with Gasteiger partial charge in [0.15, 0.2) is 0 Å². The minimum absolute atomic E-state index is 0.0217. The van der Waals surface area contributed by atoms with Crippen molar-refractivity contribution in [3.05, 3.63) is 70.8 Å². The van der Waals surface area contributed by atoms with Gasteiger partial charge in [0.1, 0.15) is 0 Å². The smallest absolute Gasteiger partial charge is 0.253 e. The Morgan fingerprint density at radius 2 is 1.44 bits per heavy atom. The average molecular weight is 364 g/mol. The van der Waals surface area contributed by atoms with Crippen LogP contribution in [0.5, 0.6) is 0 Å². The van der Waals surface area contributed by atoms with Crippen molar-refractivity contribution < 1.29 is 4.79 Å². The van der Waals surface area contributed by atoms with E-state index in [1.165, 1.54) is 16.7 Å². The minimum Gasteiger partial charge on any atom is -0.338 e. The van der Waals surface area contributed by atoms with Gasteiger partial charge in [-0.1, -0.05) is 77.9 Å². The van der Waals surface area contributed by atoms with Crippen LogP contribution in [0.4, 0.5) is 0 Å². The molecule has 2 aromatic carbocycles. The van der Waals surface area contributed by atoms with Crippen molar-refractivity contribution in [1.29, 1.82) is 0 Å². The topological polar surface area (TPSA) is 20.3 Å². The van der Waals surface area contributed by atoms with E-state index in [-0.39, 0.29) is 16.7 Å². The van der Waals surface area contributed by atoms with E-state index in [4.69, 9.17) is 0 Å². The van der Waals surface area contributed by atoms with Crippen LogP contribution in [0.25, 0.3) is 0 Å². The number of amides is 1.